The van der Waals surface area contributed by atoms with Gasteiger partial charge in [0.1, 0.15) is 11.4 Å². The molecule has 1 saturated carbocycles. The number of aromatic nitrogens is 2. The highest BCUT2D eigenvalue weighted by atomic mass is 16.6. The van der Waals surface area contributed by atoms with Crippen molar-refractivity contribution in [1.29, 1.82) is 0 Å². The van der Waals surface area contributed by atoms with Crippen molar-refractivity contribution in [3.8, 4) is 0 Å². The Morgan fingerprint density at radius 3 is 2.62 bits per heavy atom. The van der Waals surface area contributed by atoms with Crippen LogP contribution >= 0.6 is 0 Å². The molecule has 2 atom stereocenters. The smallest absolute Gasteiger partial charge is 0.407 e. The number of aryl methyl sites for hydroxylation is 1. The van der Waals surface area contributed by atoms with E-state index in [2.05, 4.69) is 15.6 Å². The molecule has 1 aliphatic rings. The molecule has 0 aliphatic heterocycles. The highest BCUT2D eigenvalue weighted by molar-refractivity contribution is 5.81. The lowest BCUT2D eigenvalue weighted by Crippen LogP contribution is -2.47. The van der Waals surface area contributed by atoms with Crippen molar-refractivity contribution in [2.75, 3.05) is 0 Å². The average Bonchev–Trinajstić information content (AvgIpc) is 2.80. The van der Waals surface area contributed by atoms with E-state index in [4.69, 9.17) is 4.74 Å². The van der Waals surface area contributed by atoms with Gasteiger partial charge in [0.2, 0.25) is 5.91 Å². The first-order chi connectivity index (χ1) is 13.7. The number of para-hydroxylation sites is 2. The number of ether oxygens (including phenoxy) is 1. The number of rotatable bonds is 4. The quantitative estimate of drug-likeness (QED) is 0.767. The fourth-order valence-electron chi connectivity index (χ4n) is 3.90. The van der Waals surface area contributed by atoms with Crippen LogP contribution in [-0.2, 0) is 23.1 Å². The minimum Gasteiger partial charge on any atom is -0.444 e. The van der Waals surface area contributed by atoms with Gasteiger partial charge >= 0.3 is 6.09 Å². The Bertz CT molecular complexity index is 869. The summed E-state index contributed by atoms with van der Waals surface area (Å²) in [7, 11) is 1.95. The normalized spacial score (nSPS) is 20.1. The SMILES string of the molecule is Cn1c(CNC(=O)[C@H]2CCCCC[C@@H]2NC(=O)OC(C)(C)C)nc2ccccc21. The van der Waals surface area contributed by atoms with Crippen molar-refractivity contribution in [1.82, 2.24) is 20.2 Å². The number of carbonyl (C=O) groups excluding carboxylic acids is 2. The van der Waals surface area contributed by atoms with Crippen LogP contribution in [0.2, 0.25) is 0 Å². The Balaban J connectivity index is 1.65. The molecule has 7 nitrogen and oxygen atoms in total. The number of fused-ring (bicyclic) bond motifs is 1. The second kappa shape index (κ2) is 8.84. The number of nitrogens with zero attached hydrogens (tertiary/aromatic N) is 2. The highest BCUT2D eigenvalue weighted by Crippen LogP contribution is 2.24. The minimum atomic E-state index is -0.563. The first-order valence-corrected chi connectivity index (χ1v) is 10.4. The monoisotopic (exact) mass is 400 g/mol. The molecule has 0 saturated heterocycles. The molecular formula is C22H32N4O3. The Morgan fingerprint density at radius 1 is 1.17 bits per heavy atom. The molecule has 158 valence electrons. The summed E-state index contributed by atoms with van der Waals surface area (Å²) in [4.78, 5) is 29.9. The van der Waals surface area contributed by atoms with Gasteiger partial charge < -0.3 is 19.9 Å². The van der Waals surface area contributed by atoms with Gasteiger partial charge in [-0.2, -0.15) is 0 Å². The number of hydrogen-bond donors (Lipinski definition) is 2. The summed E-state index contributed by atoms with van der Waals surface area (Å²) in [5.41, 5.74) is 1.39. The number of imidazole rings is 1. The molecule has 0 unspecified atom stereocenters. The van der Waals surface area contributed by atoms with Gasteiger partial charge in [0, 0.05) is 13.1 Å². The van der Waals surface area contributed by atoms with Gasteiger partial charge in [0.05, 0.1) is 23.5 Å². The van der Waals surface area contributed by atoms with Crippen LogP contribution in [0.5, 0.6) is 0 Å². The summed E-state index contributed by atoms with van der Waals surface area (Å²) in [5.74, 6) is 0.504. The highest BCUT2D eigenvalue weighted by Gasteiger charge is 2.32. The lowest BCUT2D eigenvalue weighted by molar-refractivity contribution is -0.126. The van der Waals surface area contributed by atoms with E-state index in [-0.39, 0.29) is 17.9 Å². The van der Waals surface area contributed by atoms with Crippen molar-refractivity contribution in [3.63, 3.8) is 0 Å². The second-order valence-corrected chi connectivity index (χ2v) is 8.79. The lowest BCUT2D eigenvalue weighted by atomic mass is 9.94. The van der Waals surface area contributed by atoms with Gasteiger partial charge in [-0.3, -0.25) is 4.79 Å². The Hall–Kier alpha value is -2.57. The van der Waals surface area contributed by atoms with E-state index in [1.165, 1.54) is 0 Å². The van der Waals surface area contributed by atoms with E-state index in [1.54, 1.807) is 0 Å². The molecule has 1 aromatic carbocycles. The molecule has 1 aliphatic carbocycles. The maximum Gasteiger partial charge on any atom is 0.407 e. The fraction of sp³-hybridized carbons (Fsp3) is 0.591. The zero-order valence-electron chi connectivity index (χ0n) is 17.8. The van der Waals surface area contributed by atoms with Crippen molar-refractivity contribution in [2.45, 2.75) is 71.1 Å². The number of hydrogen-bond acceptors (Lipinski definition) is 4. The summed E-state index contributed by atoms with van der Waals surface area (Å²) >= 11 is 0. The minimum absolute atomic E-state index is 0.0417. The summed E-state index contributed by atoms with van der Waals surface area (Å²) < 4.78 is 7.39. The van der Waals surface area contributed by atoms with E-state index in [9.17, 15) is 9.59 Å². The zero-order chi connectivity index (χ0) is 21.0. The van der Waals surface area contributed by atoms with Gasteiger partial charge in [-0.25, -0.2) is 9.78 Å². The molecule has 2 N–H and O–H groups in total. The molecule has 1 fully saturated rings. The van der Waals surface area contributed by atoms with Crippen LogP contribution in [0.1, 0.15) is 58.7 Å². The van der Waals surface area contributed by atoms with E-state index < -0.39 is 11.7 Å². The molecular weight excluding hydrogens is 368 g/mol. The van der Waals surface area contributed by atoms with Gasteiger partial charge in [0.25, 0.3) is 0 Å². The largest absolute Gasteiger partial charge is 0.444 e. The molecule has 3 rings (SSSR count). The Labute approximate surface area is 172 Å². The molecule has 2 amide bonds. The third-order valence-corrected chi connectivity index (χ3v) is 5.36. The number of alkyl carbamates (subject to hydrolysis) is 1. The molecule has 1 aromatic heterocycles. The van der Waals surface area contributed by atoms with Crippen LogP contribution in [0.25, 0.3) is 11.0 Å². The Morgan fingerprint density at radius 2 is 1.90 bits per heavy atom. The molecule has 2 aromatic rings. The summed E-state index contributed by atoms with van der Waals surface area (Å²) in [5, 5.41) is 5.97. The zero-order valence-corrected chi connectivity index (χ0v) is 17.8. The average molecular weight is 401 g/mol. The second-order valence-electron chi connectivity index (χ2n) is 8.79. The first-order valence-electron chi connectivity index (χ1n) is 10.4. The van der Waals surface area contributed by atoms with Crippen LogP contribution < -0.4 is 10.6 Å². The van der Waals surface area contributed by atoms with Crippen LogP contribution in [-0.4, -0.2) is 33.2 Å². The topological polar surface area (TPSA) is 85.2 Å². The number of nitrogens with one attached hydrogen (secondary N) is 2. The third-order valence-electron chi connectivity index (χ3n) is 5.36. The van der Waals surface area contributed by atoms with Crippen molar-refractivity contribution >= 4 is 23.0 Å². The number of benzene rings is 1. The summed E-state index contributed by atoms with van der Waals surface area (Å²) in [6.07, 6.45) is 4.13. The lowest BCUT2D eigenvalue weighted by Gasteiger charge is -2.27. The third kappa shape index (κ3) is 5.49. The number of amides is 2. The van der Waals surface area contributed by atoms with Gasteiger partial charge in [-0.05, 0) is 45.7 Å². The first kappa shape index (κ1) is 21.1. The predicted octanol–water partition coefficient (Wildman–Crippen LogP) is 3.66. The van der Waals surface area contributed by atoms with Crippen molar-refractivity contribution < 1.29 is 14.3 Å². The summed E-state index contributed by atoms with van der Waals surface area (Å²) in [6.45, 7) is 5.86. The van der Waals surface area contributed by atoms with Gasteiger partial charge in [-0.1, -0.05) is 31.4 Å². The van der Waals surface area contributed by atoms with Crippen molar-refractivity contribution in [2.24, 2.45) is 13.0 Å². The van der Waals surface area contributed by atoms with Crippen LogP contribution in [0.3, 0.4) is 0 Å². The van der Waals surface area contributed by atoms with E-state index in [0.29, 0.717) is 6.54 Å². The van der Waals surface area contributed by atoms with Crippen LogP contribution in [0.15, 0.2) is 24.3 Å². The van der Waals surface area contributed by atoms with Crippen molar-refractivity contribution in [3.05, 3.63) is 30.1 Å². The van der Waals surface area contributed by atoms with E-state index >= 15 is 0 Å². The molecule has 0 radical (unpaired) electrons. The molecule has 1 heterocycles. The maximum atomic E-state index is 13.0. The molecule has 7 heteroatoms. The van der Waals surface area contributed by atoms with E-state index in [0.717, 1.165) is 49.0 Å². The van der Waals surface area contributed by atoms with Crippen LogP contribution in [0, 0.1) is 5.92 Å². The van der Waals surface area contributed by atoms with Gasteiger partial charge in [0.15, 0.2) is 0 Å². The Kier molecular flexibility index (Phi) is 6.45. The van der Waals surface area contributed by atoms with Gasteiger partial charge in [-0.15, -0.1) is 0 Å². The van der Waals surface area contributed by atoms with Crippen LogP contribution in [0.4, 0.5) is 4.79 Å². The number of carbonyl (C=O) groups is 2. The standard InChI is InChI=1S/C22H32N4O3/c1-22(2,3)29-21(28)25-16-11-7-5-6-10-15(16)20(27)23-14-19-24-17-12-8-9-13-18(17)26(19)4/h8-9,12-13,15-16H,5-7,10-11,14H2,1-4H3,(H,23,27)(H,25,28)/t15-,16-/m0/s1. The van der Waals surface area contributed by atoms with E-state index in [1.807, 2.05) is 56.7 Å². The molecule has 0 bridgehead atoms. The maximum absolute atomic E-state index is 13.0. The predicted molar refractivity (Wildman–Crippen MR) is 112 cm³/mol. The molecule has 29 heavy (non-hydrogen) atoms. The fourth-order valence-corrected chi connectivity index (χ4v) is 3.90. The molecule has 0 spiro atoms. The summed E-state index contributed by atoms with van der Waals surface area (Å²) in [6, 6.07) is 7.70.